The van der Waals surface area contributed by atoms with E-state index in [2.05, 4.69) is 12.2 Å². The van der Waals surface area contributed by atoms with Crippen LogP contribution in [-0.2, 0) is 4.79 Å². The van der Waals surface area contributed by atoms with Crippen molar-refractivity contribution < 1.29 is 18.0 Å². The average Bonchev–Trinajstić information content (AvgIpc) is 2.26. The van der Waals surface area contributed by atoms with Crippen LogP contribution in [0.4, 0.5) is 13.2 Å². The Morgan fingerprint density at radius 1 is 1.11 bits per heavy atom. The van der Waals surface area contributed by atoms with Gasteiger partial charge in [0.15, 0.2) is 5.54 Å². The summed E-state index contributed by atoms with van der Waals surface area (Å²) >= 11 is 0. The van der Waals surface area contributed by atoms with Gasteiger partial charge in [-0.05, 0) is 13.3 Å². The van der Waals surface area contributed by atoms with E-state index in [0.717, 1.165) is 25.7 Å². The monoisotopic (exact) mass is 268 g/mol. The highest BCUT2D eigenvalue weighted by Crippen LogP contribution is 2.27. The van der Waals surface area contributed by atoms with Gasteiger partial charge in [0.1, 0.15) is 0 Å². The van der Waals surface area contributed by atoms with Crippen molar-refractivity contribution in [3.63, 3.8) is 0 Å². The minimum Gasteiger partial charge on any atom is -0.354 e. The molecule has 0 bridgehead atoms. The van der Waals surface area contributed by atoms with Gasteiger partial charge >= 0.3 is 6.18 Å². The second-order valence-corrected chi connectivity index (χ2v) is 4.72. The fourth-order valence-corrected chi connectivity index (χ4v) is 1.42. The first kappa shape index (κ1) is 17.2. The van der Waals surface area contributed by atoms with Crippen LogP contribution in [0.1, 0.15) is 52.4 Å². The fraction of sp³-hybridized carbons (Fsp3) is 0.917. The van der Waals surface area contributed by atoms with Gasteiger partial charge in [-0.15, -0.1) is 0 Å². The van der Waals surface area contributed by atoms with Crippen LogP contribution >= 0.6 is 0 Å². The lowest BCUT2D eigenvalue weighted by molar-refractivity contribution is -0.187. The van der Waals surface area contributed by atoms with E-state index in [1.165, 1.54) is 6.42 Å². The highest BCUT2D eigenvalue weighted by atomic mass is 19.4. The third kappa shape index (κ3) is 5.71. The zero-order valence-electron chi connectivity index (χ0n) is 11.1. The Morgan fingerprint density at radius 2 is 1.61 bits per heavy atom. The Labute approximate surface area is 106 Å². The quantitative estimate of drug-likeness (QED) is 0.665. The Hall–Kier alpha value is -0.780. The maximum atomic E-state index is 12.4. The van der Waals surface area contributed by atoms with Crippen molar-refractivity contribution in [3.8, 4) is 0 Å². The van der Waals surface area contributed by atoms with Gasteiger partial charge in [0.25, 0.3) is 0 Å². The van der Waals surface area contributed by atoms with Crippen molar-refractivity contribution in [1.29, 1.82) is 0 Å². The molecule has 1 atom stereocenters. The van der Waals surface area contributed by atoms with E-state index in [-0.39, 0.29) is 6.54 Å². The van der Waals surface area contributed by atoms with Crippen LogP contribution in [0.2, 0.25) is 0 Å². The number of halogens is 3. The Morgan fingerprint density at radius 3 is 2.11 bits per heavy atom. The zero-order valence-corrected chi connectivity index (χ0v) is 11.1. The molecule has 0 aromatic rings. The lowest BCUT2D eigenvalue weighted by Crippen LogP contribution is -2.61. The number of carbonyl (C=O) groups excluding carboxylic acids is 1. The molecule has 0 aromatic heterocycles. The number of hydrogen-bond acceptors (Lipinski definition) is 2. The summed E-state index contributed by atoms with van der Waals surface area (Å²) in [4.78, 5) is 11.3. The maximum Gasteiger partial charge on any atom is 0.415 e. The van der Waals surface area contributed by atoms with E-state index in [4.69, 9.17) is 5.73 Å². The molecule has 108 valence electrons. The Bertz CT molecular complexity index is 252. The molecule has 0 saturated carbocycles. The van der Waals surface area contributed by atoms with Gasteiger partial charge in [-0.2, -0.15) is 13.2 Å². The fourth-order valence-electron chi connectivity index (χ4n) is 1.42. The van der Waals surface area contributed by atoms with Crippen molar-refractivity contribution in [2.24, 2.45) is 5.73 Å². The molecule has 0 aliphatic rings. The molecular weight excluding hydrogens is 245 g/mol. The molecule has 0 aliphatic heterocycles. The molecule has 6 heteroatoms. The predicted molar refractivity (Wildman–Crippen MR) is 65.0 cm³/mol. The number of hydrogen-bond donors (Lipinski definition) is 2. The van der Waals surface area contributed by atoms with Gasteiger partial charge in [-0.25, -0.2) is 0 Å². The third-order valence-electron chi connectivity index (χ3n) is 2.88. The molecule has 1 amide bonds. The molecule has 0 rings (SSSR count). The van der Waals surface area contributed by atoms with Gasteiger partial charge in [-0.1, -0.05) is 39.0 Å². The van der Waals surface area contributed by atoms with E-state index >= 15 is 0 Å². The zero-order chi connectivity index (χ0) is 14.2. The van der Waals surface area contributed by atoms with E-state index in [0.29, 0.717) is 13.3 Å². The Kier molecular flexibility index (Phi) is 7.28. The molecule has 3 N–H and O–H groups in total. The van der Waals surface area contributed by atoms with Crippen LogP contribution in [0.25, 0.3) is 0 Å². The second kappa shape index (κ2) is 7.61. The molecular formula is C12H23F3N2O. The average molecular weight is 268 g/mol. The van der Waals surface area contributed by atoms with Crippen LogP contribution in [0.3, 0.4) is 0 Å². The predicted octanol–water partition coefficient (Wildman–Crippen LogP) is 2.74. The van der Waals surface area contributed by atoms with Gasteiger partial charge < -0.3 is 11.1 Å². The normalized spacial score (nSPS) is 15.2. The van der Waals surface area contributed by atoms with Crippen molar-refractivity contribution in [3.05, 3.63) is 0 Å². The third-order valence-corrected chi connectivity index (χ3v) is 2.88. The molecule has 0 spiro atoms. The first-order valence-corrected chi connectivity index (χ1v) is 6.37. The summed E-state index contributed by atoms with van der Waals surface area (Å²) in [6.45, 7) is 3.04. The van der Waals surface area contributed by atoms with Gasteiger partial charge in [-0.3, -0.25) is 4.79 Å². The van der Waals surface area contributed by atoms with Crippen LogP contribution in [0.5, 0.6) is 0 Å². The van der Waals surface area contributed by atoms with Gasteiger partial charge in [0.2, 0.25) is 5.91 Å². The highest BCUT2D eigenvalue weighted by Gasteiger charge is 2.53. The first-order valence-electron chi connectivity index (χ1n) is 6.37. The molecule has 18 heavy (non-hydrogen) atoms. The van der Waals surface area contributed by atoms with Crippen LogP contribution < -0.4 is 11.1 Å². The van der Waals surface area contributed by atoms with Gasteiger partial charge in [0.05, 0.1) is 0 Å². The summed E-state index contributed by atoms with van der Waals surface area (Å²) in [5.41, 5.74) is 2.17. The van der Waals surface area contributed by atoms with Crippen molar-refractivity contribution in [2.45, 2.75) is 64.1 Å². The van der Waals surface area contributed by atoms with Gasteiger partial charge in [0, 0.05) is 6.54 Å². The smallest absolute Gasteiger partial charge is 0.354 e. The Balaban J connectivity index is 3.78. The SMILES string of the molecule is CCCCCCCCNC(=O)C(C)(N)C(F)(F)F. The summed E-state index contributed by atoms with van der Waals surface area (Å²) in [7, 11) is 0. The largest absolute Gasteiger partial charge is 0.415 e. The molecule has 0 aliphatic carbocycles. The van der Waals surface area contributed by atoms with Crippen molar-refractivity contribution >= 4 is 5.91 Å². The minimum atomic E-state index is -4.72. The van der Waals surface area contributed by atoms with E-state index in [1.54, 1.807) is 0 Å². The van der Waals surface area contributed by atoms with E-state index < -0.39 is 17.6 Å². The minimum absolute atomic E-state index is 0.244. The van der Waals surface area contributed by atoms with Crippen LogP contribution in [0.15, 0.2) is 0 Å². The van der Waals surface area contributed by atoms with E-state index in [9.17, 15) is 18.0 Å². The topological polar surface area (TPSA) is 55.1 Å². The molecule has 0 aromatic carbocycles. The lowest BCUT2D eigenvalue weighted by atomic mass is 10.0. The standard InChI is InChI=1S/C12H23F3N2O/c1-3-4-5-6-7-8-9-17-10(18)11(2,16)12(13,14)15/h3-9,16H2,1-2H3,(H,17,18). The van der Waals surface area contributed by atoms with E-state index in [1.807, 2.05) is 0 Å². The number of carbonyl (C=O) groups is 1. The summed E-state index contributed by atoms with van der Waals surface area (Å²) in [6.07, 6.45) is 1.36. The summed E-state index contributed by atoms with van der Waals surface area (Å²) < 4.78 is 37.2. The number of alkyl halides is 3. The molecule has 3 nitrogen and oxygen atoms in total. The number of amides is 1. The molecule has 0 heterocycles. The maximum absolute atomic E-state index is 12.4. The van der Waals surface area contributed by atoms with Crippen molar-refractivity contribution in [1.82, 2.24) is 5.32 Å². The molecule has 1 unspecified atom stereocenters. The number of unbranched alkanes of at least 4 members (excludes halogenated alkanes) is 5. The van der Waals surface area contributed by atoms with Crippen molar-refractivity contribution in [2.75, 3.05) is 6.54 Å². The van der Waals surface area contributed by atoms with Crippen LogP contribution in [-0.4, -0.2) is 24.2 Å². The number of rotatable bonds is 8. The first-order chi connectivity index (χ1) is 8.23. The second-order valence-electron chi connectivity index (χ2n) is 4.72. The highest BCUT2D eigenvalue weighted by molar-refractivity contribution is 5.86. The molecule has 0 saturated heterocycles. The lowest BCUT2D eigenvalue weighted by Gasteiger charge is -2.26. The molecule has 0 radical (unpaired) electrons. The summed E-state index contributed by atoms with van der Waals surface area (Å²) in [6, 6.07) is 0. The summed E-state index contributed by atoms with van der Waals surface area (Å²) in [5, 5.41) is 2.24. The summed E-state index contributed by atoms with van der Waals surface area (Å²) in [5.74, 6) is -1.16. The number of nitrogens with two attached hydrogens (primary N) is 1. The number of nitrogens with one attached hydrogen (secondary N) is 1. The van der Waals surface area contributed by atoms with Crippen LogP contribution in [0, 0.1) is 0 Å². The molecule has 0 fully saturated rings.